The van der Waals surface area contributed by atoms with Gasteiger partial charge in [-0.3, -0.25) is 4.79 Å². The molecule has 1 amide bonds. The zero-order valence-electron chi connectivity index (χ0n) is 22.9. The number of halogens is 1. The molecule has 2 aliphatic rings. The summed E-state index contributed by atoms with van der Waals surface area (Å²) in [7, 11) is 0. The van der Waals surface area contributed by atoms with Gasteiger partial charge in [0.15, 0.2) is 0 Å². The molecule has 4 nitrogen and oxygen atoms in total. The first-order valence-corrected chi connectivity index (χ1v) is 15.5. The number of amides is 1. The molecule has 0 unspecified atom stereocenters. The molecule has 0 aromatic carbocycles. The minimum absolute atomic E-state index is 0.0973. The zero-order valence-corrected chi connectivity index (χ0v) is 25.2. The Morgan fingerprint density at radius 3 is 2.71 bits per heavy atom. The van der Waals surface area contributed by atoms with E-state index in [0.717, 1.165) is 68.9 Å². The van der Waals surface area contributed by atoms with Crippen LogP contribution in [-0.4, -0.2) is 28.7 Å². The van der Waals surface area contributed by atoms with Crippen LogP contribution in [0.3, 0.4) is 0 Å². The van der Waals surface area contributed by atoms with Gasteiger partial charge >= 0.3 is 0 Å². The second-order valence-electron chi connectivity index (χ2n) is 8.11. The first-order valence-electron chi connectivity index (χ1n) is 13.0. The molecule has 0 bridgehead atoms. The number of hydrogen-bond acceptors (Lipinski definition) is 5. The van der Waals surface area contributed by atoms with Crippen LogP contribution >= 0.6 is 35.1 Å². The Labute approximate surface area is 241 Å². The number of thioether (sulfide) groups is 2. The van der Waals surface area contributed by atoms with Crippen molar-refractivity contribution in [3.63, 3.8) is 0 Å². The predicted molar refractivity (Wildman–Crippen MR) is 171 cm³/mol. The fraction of sp³-hybridized carbons (Fsp3) is 0.323. The van der Waals surface area contributed by atoms with Gasteiger partial charge in [-0.15, -0.1) is 11.8 Å². The first kappa shape index (κ1) is 31.7. The molecule has 0 radical (unpaired) electrons. The van der Waals surface area contributed by atoms with Crippen LogP contribution in [0.4, 0.5) is 0 Å². The quantitative estimate of drug-likeness (QED) is 0.271. The second kappa shape index (κ2) is 17.1. The highest BCUT2D eigenvalue weighted by Crippen LogP contribution is 2.35. The number of nitrogens with zero attached hydrogens (tertiary/aromatic N) is 2. The highest BCUT2D eigenvalue weighted by atomic mass is 35.5. The second-order valence-corrected chi connectivity index (χ2v) is 10.4. The van der Waals surface area contributed by atoms with Crippen molar-refractivity contribution in [2.24, 2.45) is 0 Å². The van der Waals surface area contributed by atoms with Crippen LogP contribution in [0.2, 0.25) is 0 Å². The van der Waals surface area contributed by atoms with Crippen molar-refractivity contribution in [2.45, 2.75) is 52.9 Å². The summed E-state index contributed by atoms with van der Waals surface area (Å²) < 4.78 is 0. The van der Waals surface area contributed by atoms with Crippen molar-refractivity contribution < 1.29 is 4.79 Å². The number of fused-ring (bicyclic) bond motifs is 1. The van der Waals surface area contributed by atoms with Crippen LogP contribution in [0.15, 0.2) is 77.3 Å². The lowest BCUT2D eigenvalue weighted by Gasteiger charge is -2.14. The van der Waals surface area contributed by atoms with Crippen LogP contribution in [0.5, 0.6) is 0 Å². The molecule has 0 aliphatic heterocycles. The topological polar surface area (TPSA) is 54.9 Å². The van der Waals surface area contributed by atoms with E-state index in [4.69, 9.17) is 21.6 Å². The summed E-state index contributed by atoms with van der Waals surface area (Å²) in [6, 6.07) is 0. The molecule has 1 N–H and O–H groups in total. The summed E-state index contributed by atoms with van der Waals surface area (Å²) in [5.74, 6) is -0.0973. The van der Waals surface area contributed by atoms with E-state index in [1.54, 1.807) is 17.2 Å². The SMILES string of the molecule is C=CSC(=C)c1nc2c(nc1/C(=C/CC)SC)C=CC(C(=O)NCCCC1=CCC=CC=C1Cl)=CC2.CC. The van der Waals surface area contributed by atoms with Gasteiger partial charge in [0, 0.05) is 33.4 Å². The smallest absolute Gasteiger partial charge is 0.250 e. The number of hydrogen-bond donors (Lipinski definition) is 1. The molecule has 1 heterocycles. The fourth-order valence-corrected chi connectivity index (χ4v) is 5.18. The predicted octanol–water partition coefficient (Wildman–Crippen LogP) is 8.87. The van der Waals surface area contributed by atoms with Gasteiger partial charge in [-0.2, -0.15) is 0 Å². The molecule has 2 aliphatic carbocycles. The third-order valence-electron chi connectivity index (χ3n) is 5.62. The van der Waals surface area contributed by atoms with Crippen LogP contribution in [-0.2, 0) is 11.2 Å². The van der Waals surface area contributed by atoms with E-state index in [1.165, 1.54) is 11.8 Å². The van der Waals surface area contributed by atoms with E-state index in [-0.39, 0.29) is 5.91 Å². The van der Waals surface area contributed by atoms with E-state index in [2.05, 4.69) is 43.6 Å². The summed E-state index contributed by atoms with van der Waals surface area (Å²) in [5, 5.41) is 5.55. The largest absolute Gasteiger partial charge is 0.352 e. The molecule has 38 heavy (non-hydrogen) atoms. The van der Waals surface area contributed by atoms with Gasteiger partial charge in [-0.05, 0) is 61.1 Å². The average Bonchev–Trinajstić information content (AvgIpc) is 3.27. The molecule has 1 aromatic heterocycles. The molecular formula is C31H38ClN3OS2. The molecule has 0 fully saturated rings. The van der Waals surface area contributed by atoms with E-state index < -0.39 is 0 Å². The number of nitrogens with one attached hydrogen (secondary N) is 1. The van der Waals surface area contributed by atoms with Crippen molar-refractivity contribution in [1.82, 2.24) is 15.3 Å². The van der Waals surface area contributed by atoms with Crippen LogP contribution in [0.25, 0.3) is 15.9 Å². The first-order chi connectivity index (χ1) is 18.5. The van der Waals surface area contributed by atoms with Crippen LogP contribution < -0.4 is 5.32 Å². The van der Waals surface area contributed by atoms with Gasteiger partial charge in [0.1, 0.15) is 11.4 Å². The lowest BCUT2D eigenvalue weighted by Crippen LogP contribution is -2.25. The molecule has 0 atom stereocenters. The number of aromatic nitrogens is 2. The van der Waals surface area contributed by atoms with Crippen molar-refractivity contribution >= 4 is 56.9 Å². The van der Waals surface area contributed by atoms with E-state index in [0.29, 0.717) is 18.5 Å². The van der Waals surface area contributed by atoms with Crippen LogP contribution in [0, 0.1) is 0 Å². The number of carbonyl (C=O) groups excluding carboxylic acids is 1. The maximum Gasteiger partial charge on any atom is 0.250 e. The van der Waals surface area contributed by atoms with Crippen molar-refractivity contribution in [2.75, 3.05) is 12.8 Å². The summed E-state index contributed by atoms with van der Waals surface area (Å²) >= 11 is 9.41. The third-order valence-corrected chi connectivity index (χ3v) is 7.44. The minimum atomic E-state index is -0.0973. The molecule has 0 spiro atoms. The number of carbonyl (C=O) groups is 1. The van der Waals surface area contributed by atoms with Crippen molar-refractivity contribution in [1.29, 1.82) is 0 Å². The van der Waals surface area contributed by atoms with Crippen molar-refractivity contribution in [3.8, 4) is 0 Å². The Balaban J connectivity index is 0.00000247. The summed E-state index contributed by atoms with van der Waals surface area (Å²) in [4.78, 5) is 24.6. The van der Waals surface area contributed by atoms with Gasteiger partial charge in [-0.1, -0.05) is 87.7 Å². The van der Waals surface area contributed by atoms with E-state index >= 15 is 0 Å². The molecule has 7 heteroatoms. The zero-order chi connectivity index (χ0) is 27.9. The highest BCUT2D eigenvalue weighted by Gasteiger charge is 2.19. The van der Waals surface area contributed by atoms with Gasteiger partial charge < -0.3 is 5.32 Å². The third kappa shape index (κ3) is 9.04. The summed E-state index contributed by atoms with van der Waals surface area (Å²) in [5.41, 5.74) is 4.92. The van der Waals surface area contributed by atoms with Crippen LogP contribution in [0.1, 0.15) is 69.2 Å². The molecule has 0 saturated carbocycles. The Bertz CT molecular complexity index is 1210. The molecule has 1 aromatic rings. The molecule has 0 saturated heterocycles. The summed E-state index contributed by atoms with van der Waals surface area (Å²) in [6.07, 6.45) is 21.9. The Kier molecular flexibility index (Phi) is 14.3. The van der Waals surface area contributed by atoms with Gasteiger partial charge in [0.25, 0.3) is 5.91 Å². The molecule has 3 rings (SSSR count). The maximum absolute atomic E-state index is 12.9. The Morgan fingerprint density at radius 1 is 1.21 bits per heavy atom. The average molecular weight is 568 g/mol. The van der Waals surface area contributed by atoms with E-state index in [9.17, 15) is 4.79 Å². The monoisotopic (exact) mass is 567 g/mol. The standard InChI is InChI=1S/C29H32ClN3OS2.C2H6/c1-5-11-26(35-4)28-27(20(3)36-6-2)32-24-17-15-22(16-18-25(24)33-28)29(34)31-19-10-13-21-12-8-7-9-14-23(21)30;1-2/h6-7,9,11-12,14-16,18H,2-3,5,8,10,13,17,19H2,1,4H3,(H,31,34);1-2H3/b26-11-;. The minimum Gasteiger partial charge on any atom is -0.352 e. The van der Waals surface area contributed by atoms with Crippen molar-refractivity contribution in [3.05, 3.63) is 100 Å². The Morgan fingerprint density at radius 2 is 2.00 bits per heavy atom. The maximum atomic E-state index is 12.9. The summed E-state index contributed by atoms with van der Waals surface area (Å²) in [6.45, 7) is 14.7. The lowest BCUT2D eigenvalue weighted by atomic mass is 10.1. The molecule has 202 valence electrons. The lowest BCUT2D eigenvalue weighted by molar-refractivity contribution is -0.117. The molecular weight excluding hydrogens is 530 g/mol. The van der Waals surface area contributed by atoms with E-state index in [1.807, 2.05) is 50.5 Å². The van der Waals surface area contributed by atoms with Gasteiger partial charge in [0.05, 0.1) is 11.4 Å². The van der Waals surface area contributed by atoms with Gasteiger partial charge in [0.2, 0.25) is 0 Å². The van der Waals surface area contributed by atoms with Gasteiger partial charge in [-0.25, -0.2) is 9.97 Å². The Hall–Kier alpha value is -2.54. The normalized spacial score (nSPS) is 14.6. The number of rotatable bonds is 11. The fourth-order valence-electron chi connectivity index (χ4n) is 3.81. The highest BCUT2D eigenvalue weighted by molar-refractivity contribution is 8.10. The number of allylic oxidation sites excluding steroid dienone is 8.